The number of alkyl halides is 3. The van der Waals surface area contributed by atoms with Crippen LogP contribution in [0.3, 0.4) is 0 Å². The molecule has 264 valence electrons. The lowest BCUT2D eigenvalue weighted by atomic mass is 9.98. The summed E-state index contributed by atoms with van der Waals surface area (Å²) in [6.07, 6.45) is -1.05. The van der Waals surface area contributed by atoms with Gasteiger partial charge in [0.1, 0.15) is 0 Å². The first-order valence-corrected chi connectivity index (χ1v) is 17.6. The molecule has 0 spiro atoms. The molecule has 0 saturated carbocycles. The van der Waals surface area contributed by atoms with Crippen LogP contribution in [-0.4, -0.2) is 92.9 Å². The van der Waals surface area contributed by atoms with Crippen molar-refractivity contribution in [3.8, 4) is 11.4 Å². The third-order valence-electron chi connectivity index (χ3n) is 9.87. The van der Waals surface area contributed by atoms with Gasteiger partial charge in [0.15, 0.2) is 11.9 Å². The third-order valence-corrected chi connectivity index (χ3v) is 10.5. The van der Waals surface area contributed by atoms with E-state index in [1.807, 2.05) is 30.3 Å². The highest BCUT2D eigenvalue weighted by Crippen LogP contribution is 2.38. The summed E-state index contributed by atoms with van der Waals surface area (Å²) in [7, 11) is 0. The van der Waals surface area contributed by atoms with Gasteiger partial charge in [-0.1, -0.05) is 36.8 Å². The minimum Gasteiger partial charge on any atom is -0.436 e. The number of H-pyrrole nitrogens is 1. The summed E-state index contributed by atoms with van der Waals surface area (Å²) in [6, 6.07) is 11.7. The van der Waals surface area contributed by atoms with Gasteiger partial charge in [-0.3, -0.25) is 9.78 Å². The zero-order valence-corrected chi connectivity index (χ0v) is 28.7. The van der Waals surface area contributed by atoms with E-state index in [2.05, 4.69) is 30.9 Å². The Morgan fingerprint density at radius 1 is 0.939 bits per heavy atom. The fourth-order valence-corrected chi connectivity index (χ4v) is 7.67. The van der Waals surface area contributed by atoms with Gasteiger partial charge in [-0.15, -0.1) is 5.10 Å². The van der Waals surface area contributed by atoms with Crippen LogP contribution >= 0.6 is 15.9 Å². The zero-order chi connectivity index (χ0) is 34.7. The summed E-state index contributed by atoms with van der Waals surface area (Å²) in [5.41, 5.74) is 4.84. The molecule has 3 fully saturated rings. The Bertz CT molecular complexity index is 1680. The van der Waals surface area contributed by atoms with E-state index in [4.69, 9.17) is 10.5 Å². The summed E-state index contributed by atoms with van der Waals surface area (Å²) in [5.74, 6) is 0.0232. The summed E-state index contributed by atoms with van der Waals surface area (Å²) in [5, 5.41) is 4.48. The van der Waals surface area contributed by atoms with Gasteiger partial charge in [-0.05, 0) is 85.2 Å². The predicted octanol–water partition coefficient (Wildman–Crippen LogP) is 5.46. The van der Waals surface area contributed by atoms with E-state index >= 15 is 0 Å². The van der Waals surface area contributed by atoms with Crippen molar-refractivity contribution >= 4 is 33.6 Å². The van der Waals surface area contributed by atoms with Crippen molar-refractivity contribution in [3.63, 3.8) is 0 Å². The first-order chi connectivity index (χ1) is 23.5. The third kappa shape index (κ3) is 8.14. The van der Waals surface area contributed by atoms with Gasteiger partial charge in [0.25, 0.3) is 5.91 Å². The molecule has 3 saturated heterocycles. The Balaban J connectivity index is 1.14. The number of halogens is 4. The van der Waals surface area contributed by atoms with Gasteiger partial charge in [-0.25, -0.2) is 14.3 Å². The van der Waals surface area contributed by atoms with Crippen LogP contribution in [0.4, 0.5) is 23.7 Å². The number of rotatable bonds is 7. The molecule has 0 unspecified atom stereocenters. The van der Waals surface area contributed by atoms with Crippen molar-refractivity contribution < 1.29 is 27.5 Å². The number of nitrogens with one attached hydrogen (secondary N) is 1. The molecule has 15 heteroatoms. The SMILES string of the molecule is Nc1c(Br)cc(C[C@@H](OC(=O)N2CCC(n3nc(-c4ccccc4)[nH]c3=O)CC2)C(=O)N2CCC(N3CCCCC3)CC2)cc1C(F)(F)F. The number of ether oxygens (including phenoxy) is 1. The van der Waals surface area contributed by atoms with E-state index < -0.39 is 35.5 Å². The number of nitrogens with two attached hydrogens (primary N) is 1. The van der Waals surface area contributed by atoms with E-state index in [-0.39, 0.29) is 41.3 Å². The van der Waals surface area contributed by atoms with Crippen LogP contribution in [-0.2, 0) is 22.1 Å². The number of amides is 2. The second-order valence-corrected chi connectivity index (χ2v) is 13.9. The zero-order valence-electron chi connectivity index (χ0n) is 27.1. The number of nitrogen functional groups attached to an aromatic ring is 1. The van der Waals surface area contributed by atoms with Gasteiger partial charge in [0, 0.05) is 48.7 Å². The number of aromatic amines is 1. The van der Waals surface area contributed by atoms with Crippen LogP contribution in [0.1, 0.15) is 62.1 Å². The first-order valence-electron chi connectivity index (χ1n) is 16.9. The van der Waals surface area contributed by atoms with Crippen molar-refractivity contribution in [3.05, 3.63) is 68.5 Å². The molecule has 0 bridgehead atoms. The fraction of sp³-hybridized carbons (Fsp3) is 0.529. The molecule has 3 aliphatic heterocycles. The molecule has 2 aromatic carbocycles. The minimum atomic E-state index is -4.71. The Morgan fingerprint density at radius 2 is 1.57 bits per heavy atom. The van der Waals surface area contributed by atoms with Crippen LogP contribution in [0.2, 0.25) is 0 Å². The van der Waals surface area contributed by atoms with Crippen LogP contribution < -0.4 is 11.4 Å². The average molecular weight is 749 g/mol. The Hall–Kier alpha value is -3.85. The number of carbonyl (C=O) groups is 2. The predicted molar refractivity (Wildman–Crippen MR) is 181 cm³/mol. The molecule has 3 aliphatic rings. The maximum atomic E-state index is 13.9. The summed E-state index contributed by atoms with van der Waals surface area (Å²) in [6.45, 7) is 3.54. The van der Waals surface area contributed by atoms with Crippen molar-refractivity contribution in [2.24, 2.45) is 0 Å². The Kier molecular flexibility index (Phi) is 10.7. The number of nitrogens with zero attached hydrogens (tertiary/aromatic N) is 5. The smallest absolute Gasteiger partial charge is 0.418 e. The highest BCUT2D eigenvalue weighted by atomic mass is 79.9. The Morgan fingerprint density at radius 3 is 2.22 bits per heavy atom. The maximum Gasteiger partial charge on any atom is 0.418 e. The van der Waals surface area contributed by atoms with Gasteiger partial charge in [0.05, 0.1) is 17.3 Å². The normalized spacial score (nSPS) is 19.2. The van der Waals surface area contributed by atoms with Gasteiger partial charge < -0.3 is 25.2 Å². The van der Waals surface area contributed by atoms with Crippen LogP contribution in [0.5, 0.6) is 0 Å². The van der Waals surface area contributed by atoms with E-state index in [9.17, 15) is 27.6 Å². The maximum absolute atomic E-state index is 13.9. The number of aromatic nitrogens is 3. The standard InChI is InChI=1S/C34H41BrF3N7O4/c35-27-20-22(19-26(29(27)39)34(36,37)38)21-28(31(46)43-15-9-24(10-16-43)42-13-5-2-6-14-42)49-33(48)44-17-11-25(12-18-44)45-32(47)40-30(41-45)23-7-3-1-4-8-23/h1,3-4,7-8,19-20,24-25,28H,2,5-6,9-18,21,39H2,(H,40,41,47)/t28-/m1/s1. The lowest BCUT2D eigenvalue weighted by Crippen LogP contribution is -2.52. The molecule has 6 rings (SSSR count). The van der Waals surface area contributed by atoms with Gasteiger partial charge in [0.2, 0.25) is 0 Å². The monoisotopic (exact) mass is 747 g/mol. The average Bonchev–Trinajstić information content (AvgIpc) is 3.51. The topological polar surface area (TPSA) is 130 Å². The number of benzene rings is 2. The lowest BCUT2D eigenvalue weighted by molar-refractivity contribution is -0.142. The molecule has 3 N–H and O–H groups in total. The highest BCUT2D eigenvalue weighted by molar-refractivity contribution is 9.10. The summed E-state index contributed by atoms with van der Waals surface area (Å²) < 4.78 is 48.7. The van der Waals surface area contributed by atoms with Crippen molar-refractivity contribution in [2.75, 3.05) is 45.0 Å². The van der Waals surface area contributed by atoms with Crippen LogP contribution in [0, 0.1) is 0 Å². The summed E-state index contributed by atoms with van der Waals surface area (Å²) in [4.78, 5) is 48.6. The molecule has 4 heterocycles. The second-order valence-electron chi connectivity index (χ2n) is 13.1. The number of hydrogen-bond donors (Lipinski definition) is 2. The molecule has 1 aromatic heterocycles. The fourth-order valence-electron chi connectivity index (χ4n) is 7.16. The van der Waals surface area contributed by atoms with E-state index in [0.29, 0.717) is 37.8 Å². The molecular formula is C34H41BrF3N7O4. The van der Waals surface area contributed by atoms with Crippen molar-refractivity contribution in [1.29, 1.82) is 0 Å². The molecule has 0 radical (unpaired) electrons. The first kappa shape index (κ1) is 35.0. The van der Waals surface area contributed by atoms with Crippen LogP contribution in [0.15, 0.2) is 51.7 Å². The van der Waals surface area contributed by atoms with Crippen molar-refractivity contribution in [1.82, 2.24) is 29.5 Å². The van der Waals surface area contributed by atoms with E-state index in [1.54, 1.807) is 4.90 Å². The van der Waals surface area contributed by atoms with Crippen LogP contribution in [0.25, 0.3) is 11.4 Å². The number of carbonyl (C=O) groups excluding carboxylic acids is 2. The Labute approximate surface area is 290 Å². The summed E-state index contributed by atoms with van der Waals surface area (Å²) >= 11 is 3.12. The number of likely N-dealkylation sites (tertiary alicyclic amines) is 3. The number of hydrogen-bond acceptors (Lipinski definition) is 7. The molecule has 1 atom stereocenters. The van der Waals surface area contributed by atoms with Crippen molar-refractivity contribution in [2.45, 2.75) is 75.7 Å². The molecule has 3 aromatic rings. The molecule has 49 heavy (non-hydrogen) atoms. The molecule has 2 amide bonds. The van der Waals surface area contributed by atoms with E-state index in [0.717, 1.165) is 37.6 Å². The minimum absolute atomic E-state index is 0.0447. The van der Waals surface area contributed by atoms with E-state index in [1.165, 1.54) is 34.9 Å². The highest BCUT2D eigenvalue weighted by Gasteiger charge is 2.37. The van der Waals surface area contributed by atoms with Gasteiger partial charge in [-0.2, -0.15) is 13.2 Å². The largest absolute Gasteiger partial charge is 0.436 e. The quantitative estimate of drug-likeness (QED) is 0.307. The van der Waals surface area contributed by atoms with Gasteiger partial charge >= 0.3 is 18.0 Å². The molecule has 0 aliphatic carbocycles. The number of piperidine rings is 3. The number of anilines is 1. The molecule has 11 nitrogen and oxygen atoms in total. The molecular weight excluding hydrogens is 707 g/mol. The lowest BCUT2D eigenvalue weighted by Gasteiger charge is -2.41. The second kappa shape index (κ2) is 15.0.